The molecule has 0 atom stereocenters. The second-order valence-corrected chi connectivity index (χ2v) is 8.43. The highest BCUT2D eigenvalue weighted by molar-refractivity contribution is 7.18. The fourth-order valence-corrected chi connectivity index (χ4v) is 4.80. The summed E-state index contributed by atoms with van der Waals surface area (Å²) in [4.78, 5) is 20.9. The molecule has 0 unspecified atom stereocenters. The number of nitrogens with zero attached hydrogens (tertiary/aromatic N) is 2. The smallest absolute Gasteiger partial charge is 0.263 e. The van der Waals surface area contributed by atoms with E-state index in [9.17, 15) is 4.79 Å². The van der Waals surface area contributed by atoms with E-state index in [4.69, 9.17) is 9.72 Å². The summed E-state index contributed by atoms with van der Waals surface area (Å²) in [6.07, 6.45) is 5.86. The molecule has 144 valence electrons. The lowest BCUT2D eigenvalue weighted by atomic mass is 9.95. The Morgan fingerprint density at radius 3 is 2.56 bits per heavy atom. The van der Waals surface area contributed by atoms with Crippen LogP contribution in [0.1, 0.15) is 47.3 Å². The van der Waals surface area contributed by atoms with E-state index in [1.54, 1.807) is 0 Å². The lowest BCUT2D eigenvalue weighted by Crippen LogP contribution is -2.36. The molecule has 1 aliphatic heterocycles. The molecule has 1 amide bonds. The van der Waals surface area contributed by atoms with Crippen molar-refractivity contribution in [1.82, 2.24) is 10.3 Å². The fraction of sp³-hybridized carbons (Fsp3) is 0.524. The monoisotopic (exact) mass is 385 g/mol. The van der Waals surface area contributed by atoms with E-state index < -0.39 is 0 Å². The lowest BCUT2D eigenvalue weighted by Gasteiger charge is -2.26. The molecule has 1 saturated carbocycles. The quantitative estimate of drug-likeness (QED) is 0.864. The molecule has 6 heteroatoms. The largest absolute Gasteiger partial charge is 0.378 e. The molecule has 2 heterocycles. The molecule has 5 nitrogen and oxygen atoms in total. The Morgan fingerprint density at radius 2 is 1.85 bits per heavy atom. The molecular weight excluding hydrogens is 358 g/mol. The summed E-state index contributed by atoms with van der Waals surface area (Å²) >= 11 is 1.51. The van der Waals surface area contributed by atoms with Gasteiger partial charge in [-0.1, -0.05) is 60.4 Å². The number of benzene rings is 1. The van der Waals surface area contributed by atoms with Gasteiger partial charge in [0, 0.05) is 24.7 Å². The zero-order chi connectivity index (χ0) is 18.6. The number of amides is 1. The van der Waals surface area contributed by atoms with Crippen molar-refractivity contribution < 1.29 is 9.53 Å². The number of aromatic nitrogens is 1. The van der Waals surface area contributed by atoms with Gasteiger partial charge in [-0.2, -0.15) is 0 Å². The van der Waals surface area contributed by atoms with Gasteiger partial charge in [-0.15, -0.1) is 0 Å². The van der Waals surface area contributed by atoms with Crippen LogP contribution in [0, 0.1) is 6.92 Å². The van der Waals surface area contributed by atoms with Crippen molar-refractivity contribution in [1.29, 1.82) is 0 Å². The predicted octanol–water partition coefficient (Wildman–Crippen LogP) is 4.02. The van der Waals surface area contributed by atoms with Gasteiger partial charge in [0.05, 0.1) is 18.9 Å². The van der Waals surface area contributed by atoms with E-state index in [0.29, 0.717) is 19.3 Å². The maximum atomic E-state index is 13.1. The molecule has 2 aliphatic rings. The first-order valence-electron chi connectivity index (χ1n) is 9.92. The molecule has 0 radical (unpaired) electrons. The molecule has 1 aromatic heterocycles. The van der Waals surface area contributed by atoms with Crippen molar-refractivity contribution in [2.75, 3.05) is 31.2 Å². The Kier molecular flexibility index (Phi) is 5.74. The topological polar surface area (TPSA) is 54.5 Å². The van der Waals surface area contributed by atoms with E-state index in [-0.39, 0.29) is 5.91 Å². The van der Waals surface area contributed by atoms with Crippen molar-refractivity contribution in [2.24, 2.45) is 0 Å². The lowest BCUT2D eigenvalue weighted by molar-refractivity contribution is 0.0932. The van der Waals surface area contributed by atoms with E-state index >= 15 is 0 Å². The minimum absolute atomic E-state index is 0.0227. The zero-order valence-corrected chi connectivity index (χ0v) is 16.7. The molecule has 2 fully saturated rings. The molecule has 1 N–H and O–H groups in total. The van der Waals surface area contributed by atoms with Crippen molar-refractivity contribution in [3.05, 3.63) is 34.7 Å². The van der Waals surface area contributed by atoms with Crippen LogP contribution in [-0.4, -0.2) is 43.2 Å². The summed E-state index contributed by atoms with van der Waals surface area (Å²) < 4.78 is 5.46. The van der Waals surface area contributed by atoms with Crippen LogP contribution in [0.2, 0.25) is 0 Å². The van der Waals surface area contributed by atoms with E-state index in [1.165, 1.54) is 36.2 Å². The Hall–Kier alpha value is -1.92. The molecule has 0 spiro atoms. The van der Waals surface area contributed by atoms with Gasteiger partial charge in [0.25, 0.3) is 5.91 Å². The van der Waals surface area contributed by atoms with Gasteiger partial charge in [-0.05, 0) is 19.8 Å². The minimum atomic E-state index is 0.0227. The highest BCUT2D eigenvalue weighted by Crippen LogP contribution is 2.34. The molecular formula is C21H27N3O2S. The van der Waals surface area contributed by atoms with Gasteiger partial charge in [0.15, 0.2) is 5.13 Å². The molecule has 0 bridgehead atoms. The number of aryl methyl sites for hydroxylation is 1. The normalized spacial score (nSPS) is 18.5. The Balaban J connectivity index is 1.63. The van der Waals surface area contributed by atoms with Gasteiger partial charge < -0.3 is 15.0 Å². The Labute approximate surface area is 164 Å². The number of rotatable bonds is 4. The first-order valence-corrected chi connectivity index (χ1v) is 10.7. The highest BCUT2D eigenvalue weighted by Gasteiger charge is 2.25. The Bertz CT molecular complexity index is 775. The number of morpholine rings is 1. The summed E-state index contributed by atoms with van der Waals surface area (Å²) in [5.74, 6) is 0.0227. The number of anilines is 1. The van der Waals surface area contributed by atoms with Crippen LogP contribution in [0.3, 0.4) is 0 Å². The average molecular weight is 386 g/mol. The summed E-state index contributed by atoms with van der Waals surface area (Å²) in [5.41, 5.74) is 3.01. The molecule has 1 saturated heterocycles. The summed E-state index contributed by atoms with van der Waals surface area (Å²) in [7, 11) is 0. The summed E-state index contributed by atoms with van der Waals surface area (Å²) in [5, 5.41) is 4.18. The number of carbonyl (C=O) groups is 1. The van der Waals surface area contributed by atoms with Gasteiger partial charge in [-0.25, -0.2) is 4.98 Å². The molecule has 1 aromatic carbocycles. The second-order valence-electron chi connectivity index (χ2n) is 7.45. The van der Waals surface area contributed by atoms with Crippen LogP contribution >= 0.6 is 11.3 Å². The highest BCUT2D eigenvalue weighted by atomic mass is 32.1. The number of thiazole rings is 1. The van der Waals surface area contributed by atoms with Crippen molar-refractivity contribution in [2.45, 2.75) is 45.1 Å². The third-order valence-electron chi connectivity index (χ3n) is 5.37. The molecule has 2 aromatic rings. The Morgan fingerprint density at radius 1 is 1.15 bits per heavy atom. The number of nitrogens with one attached hydrogen (secondary N) is 1. The predicted molar refractivity (Wildman–Crippen MR) is 110 cm³/mol. The van der Waals surface area contributed by atoms with Crippen LogP contribution in [0.4, 0.5) is 5.13 Å². The average Bonchev–Trinajstić information content (AvgIpc) is 3.16. The van der Waals surface area contributed by atoms with Crippen molar-refractivity contribution in [3.63, 3.8) is 0 Å². The number of ether oxygens (including phenoxy) is 1. The summed E-state index contributed by atoms with van der Waals surface area (Å²) in [6, 6.07) is 8.57. The first kappa shape index (κ1) is 18.4. The van der Waals surface area contributed by atoms with Crippen LogP contribution in [-0.2, 0) is 4.74 Å². The minimum Gasteiger partial charge on any atom is -0.378 e. The maximum absolute atomic E-state index is 13.1. The zero-order valence-electron chi connectivity index (χ0n) is 15.9. The van der Waals surface area contributed by atoms with Gasteiger partial charge >= 0.3 is 0 Å². The third kappa shape index (κ3) is 4.33. The van der Waals surface area contributed by atoms with Gasteiger partial charge in [-0.3, -0.25) is 4.79 Å². The van der Waals surface area contributed by atoms with E-state index in [2.05, 4.69) is 41.4 Å². The third-order valence-corrected chi connectivity index (χ3v) is 6.48. The van der Waals surface area contributed by atoms with Crippen LogP contribution in [0.15, 0.2) is 24.3 Å². The number of hydrogen-bond acceptors (Lipinski definition) is 5. The number of hydrogen-bond donors (Lipinski definition) is 1. The van der Waals surface area contributed by atoms with Crippen LogP contribution in [0.25, 0.3) is 11.3 Å². The molecule has 27 heavy (non-hydrogen) atoms. The molecule has 1 aliphatic carbocycles. The van der Waals surface area contributed by atoms with Crippen molar-refractivity contribution >= 4 is 22.4 Å². The van der Waals surface area contributed by atoms with Crippen molar-refractivity contribution in [3.8, 4) is 11.3 Å². The maximum Gasteiger partial charge on any atom is 0.263 e. The van der Waals surface area contributed by atoms with E-state index in [0.717, 1.165) is 47.2 Å². The fourth-order valence-electron chi connectivity index (χ4n) is 3.76. The van der Waals surface area contributed by atoms with E-state index in [1.807, 2.05) is 0 Å². The SMILES string of the molecule is Cc1ccc(-c2nc(N3CCOCC3)sc2C(=O)NC2CCCCC2)cc1. The van der Waals surface area contributed by atoms with Gasteiger partial charge in [0.1, 0.15) is 4.88 Å². The first-order chi connectivity index (χ1) is 13.2. The van der Waals surface area contributed by atoms with Crippen LogP contribution in [0.5, 0.6) is 0 Å². The summed E-state index contributed by atoms with van der Waals surface area (Å²) in [6.45, 7) is 5.14. The van der Waals surface area contributed by atoms with Gasteiger partial charge in [0.2, 0.25) is 0 Å². The number of carbonyl (C=O) groups excluding carboxylic acids is 1. The second kappa shape index (κ2) is 8.40. The molecule has 4 rings (SSSR count). The van der Waals surface area contributed by atoms with Crippen LogP contribution < -0.4 is 10.2 Å². The standard InChI is InChI=1S/C21H27N3O2S/c1-15-7-9-16(10-8-15)18-19(20(25)22-17-5-3-2-4-6-17)27-21(23-18)24-11-13-26-14-12-24/h7-10,17H,2-6,11-14H2,1H3,(H,22,25).